The predicted molar refractivity (Wildman–Crippen MR) is 30.1 cm³/mol. The van der Waals surface area contributed by atoms with Crippen molar-refractivity contribution in [3.8, 4) is 0 Å². The number of halogens is 1. The van der Waals surface area contributed by atoms with Gasteiger partial charge >= 0.3 is 0 Å². The highest BCUT2D eigenvalue weighted by Gasteiger charge is 1.92. The van der Waals surface area contributed by atoms with Gasteiger partial charge in [0.25, 0.3) is 0 Å². The average Bonchev–Trinajstić information content (AvgIpc) is 1.65. The van der Waals surface area contributed by atoms with Gasteiger partial charge in [0.2, 0.25) is 0 Å². The Hall–Kier alpha value is 0.440. The molecule has 0 aromatic rings. The number of rotatable bonds is 2. The van der Waals surface area contributed by atoms with E-state index in [1.165, 1.54) is 0 Å². The summed E-state index contributed by atoms with van der Waals surface area (Å²) in [5.41, 5.74) is 0. The maximum atomic E-state index is 8.29. The fraction of sp³-hybridized carbons (Fsp3) is 1.00. The molecule has 0 saturated heterocycles. The summed E-state index contributed by atoms with van der Waals surface area (Å²) in [6, 6.07) is 0. The summed E-state index contributed by atoms with van der Waals surface area (Å²) in [6.45, 7) is 2.27. The van der Waals surface area contributed by atoms with E-state index in [9.17, 15) is 0 Å². The lowest BCUT2D eigenvalue weighted by molar-refractivity contribution is 0.295. The molecule has 0 radical (unpaired) electrons. The highest BCUT2D eigenvalue weighted by atomic mass is 79.9. The smallest absolute Gasteiger partial charge is 0.0556 e. The first-order chi connectivity index (χ1) is 2.81. The second-order valence-corrected chi connectivity index (χ2v) is 2.48. The van der Waals surface area contributed by atoms with Crippen LogP contribution in [0.3, 0.4) is 0 Å². The van der Waals surface area contributed by atoms with Crippen molar-refractivity contribution in [1.29, 1.82) is 0 Å². The van der Waals surface area contributed by atoms with Crippen LogP contribution in [0.25, 0.3) is 0 Å². The zero-order valence-electron chi connectivity index (χ0n) is 3.82. The molecule has 2 heteroatoms. The minimum atomic E-state index is 0.247. The van der Waals surface area contributed by atoms with E-state index in [0.29, 0.717) is 4.83 Å². The number of alkyl halides is 1. The van der Waals surface area contributed by atoms with E-state index in [4.69, 9.17) is 5.11 Å². The Labute approximate surface area is 46.5 Å². The van der Waals surface area contributed by atoms with Crippen LogP contribution < -0.4 is 0 Å². The van der Waals surface area contributed by atoms with E-state index in [2.05, 4.69) is 15.9 Å². The van der Waals surface area contributed by atoms with Crippen LogP contribution in [0.4, 0.5) is 0 Å². The van der Waals surface area contributed by atoms with Gasteiger partial charge in [0.15, 0.2) is 0 Å². The van der Waals surface area contributed by atoms with Crippen LogP contribution in [-0.4, -0.2) is 16.5 Å². The molecule has 0 amide bonds. The molecule has 0 aliphatic rings. The molecule has 0 aromatic heterocycles. The summed E-state index contributed by atoms with van der Waals surface area (Å²) in [6.07, 6.45) is 0.997. The third-order valence-electron chi connectivity index (χ3n) is 0.641. The molecule has 1 atom stereocenters. The van der Waals surface area contributed by atoms with Crippen molar-refractivity contribution in [2.75, 3.05) is 6.61 Å². The molecule has 0 fully saturated rings. The number of aliphatic hydroxyl groups excluding tert-OH is 1. The van der Waals surface area contributed by atoms with Gasteiger partial charge in [-0.15, -0.1) is 0 Å². The first-order valence-electron chi connectivity index (χ1n) is 2.06. The van der Waals surface area contributed by atoms with E-state index >= 15 is 0 Å². The topological polar surface area (TPSA) is 20.2 Å². The van der Waals surface area contributed by atoms with Crippen LogP contribution >= 0.6 is 15.9 Å². The Bertz CT molecular complexity index is 26.7. The van der Waals surface area contributed by atoms with Gasteiger partial charge < -0.3 is 5.11 Å². The van der Waals surface area contributed by atoms with Crippen LogP contribution in [0.1, 0.15) is 13.3 Å². The lowest BCUT2D eigenvalue weighted by atomic mass is 10.4. The summed E-state index contributed by atoms with van der Waals surface area (Å²) in [4.78, 5) is 0.303. The highest BCUT2D eigenvalue weighted by Crippen LogP contribution is 2.00. The molecule has 6 heavy (non-hydrogen) atoms. The van der Waals surface area contributed by atoms with Crippen molar-refractivity contribution < 1.29 is 5.11 Å². The second-order valence-electron chi connectivity index (χ2n) is 1.19. The average molecular weight is 153 g/mol. The SMILES string of the molecule is CCC(Br)CO. The van der Waals surface area contributed by atoms with Gasteiger partial charge in [-0.3, -0.25) is 0 Å². The Kier molecular flexibility index (Phi) is 3.89. The molecule has 1 nitrogen and oxygen atoms in total. The van der Waals surface area contributed by atoms with Crippen molar-refractivity contribution in [3.05, 3.63) is 0 Å². The molecule has 0 rings (SSSR count). The molecule has 0 heterocycles. The van der Waals surface area contributed by atoms with Crippen molar-refractivity contribution in [1.82, 2.24) is 0 Å². The van der Waals surface area contributed by atoms with E-state index in [1.54, 1.807) is 0 Å². The zero-order chi connectivity index (χ0) is 4.99. The van der Waals surface area contributed by atoms with Crippen LogP contribution in [-0.2, 0) is 0 Å². The molecule has 0 spiro atoms. The molecule has 0 bridgehead atoms. The monoisotopic (exact) mass is 152 g/mol. The van der Waals surface area contributed by atoms with Crippen LogP contribution in [0, 0.1) is 0 Å². The van der Waals surface area contributed by atoms with Gasteiger partial charge in [0, 0.05) is 4.83 Å². The molecule has 0 aliphatic heterocycles. The first-order valence-corrected chi connectivity index (χ1v) is 2.97. The third-order valence-corrected chi connectivity index (χ3v) is 1.58. The second kappa shape index (κ2) is 3.62. The molecule has 1 N–H and O–H groups in total. The zero-order valence-corrected chi connectivity index (χ0v) is 5.40. The van der Waals surface area contributed by atoms with E-state index in [0.717, 1.165) is 6.42 Å². The van der Waals surface area contributed by atoms with Gasteiger partial charge in [-0.2, -0.15) is 0 Å². The fourth-order valence-corrected chi connectivity index (χ4v) is 0.129. The molecule has 0 saturated carbocycles. The summed E-state index contributed by atoms with van der Waals surface area (Å²) in [7, 11) is 0. The predicted octanol–water partition coefficient (Wildman–Crippen LogP) is 1.15. The quantitative estimate of drug-likeness (QED) is 0.590. The molecule has 38 valence electrons. The fourth-order valence-electron chi connectivity index (χ4n) is 0.129. The Morgan fingerprint density at radius 2 is 2.33 bits per heavy atom. The minimum absolute atomic E-state index is 0.247. The van der Waals surface area contributed by atoms with Crippen molar-refractivity contribution in [2.45, 2.75) is 18.2 Å². The van der Waals surface area contributed by atoms with Crippen molar-refractivity contribution in [3.63, 3.8) is 0 Å². The van der Waals surface area contributed by atoms with E-state index < -0.39 is 0 Å². The van der Waals surface area contributed by atoms with E-state index in [-0.39, 0.29) is 6.61 Å². The van der Waals surface area contributed by atoms with Gasteiger partial charge in [0.1, 0.15) is 0 Å². The van der Waals surface area contributed by atoms with Crippen LogP contribution in [0.2, 0.25) is 0 Å². The molecular weight excluding hydrogens is 144 g/mol. The summed E-state index contributed by atoms with van der Waals surface area (Å²) >= 11 is 3.23. The molecular formula is C4H9BrO. The van der Waals surface area contributed by atoms with E-state index in [1.807, 2.05) is 6.92 Å². The maximum absolute atomic E-state index is 8.29. The summed E-state index contributed by atoms with van der Waals surface area (Å²) in [5, 5.41) is 8.29. The van der Waals surface area contributed by atoms with Crippen molar-refractivity contribution >= 4 is 15.9 Å². The third kappa shape index (κ3) is 2.67. The summed E-state index contributed by atoms with van der Waals surface area (Å²) in [5.74, 6) is 0. The number of hydrogen-bond acceptors (Lipinski definition) is 1. The first kappa shape index (κ1) is 6.44. The lowest BCUT2D eigenvalue weighted by Crippen LogP contribution is -1.99. The van der Waals surface area contributed by atoms with Gasteiger partial charge in [-0.25, -0.2) is 0 Å². The molecule has 0 aromatic carbocycles. The Balaban J connectivity index is 2.75. The van der Waals surface area contributed by atoms with Gasteiger partial charge in [0.05, 0.1) is 6.61 Å². The Morgan fingerprint density at radius 3 is 2.33 bits per heavy atom. The minimum Gasteiger partial charge on any atom is -0.395 e. The maximum Gasteiger partial charge on any atom is 0.0556 e. The van der Waals surface area contributed by atoms with Gasteiger partial charge in [-0.05, 0) is 6.42 Å². The number of aliphatic hydroxyl groups is 1. The normalized spacial score (nSPS) is 14.5. The molecule has 0 aliphatic carbocycles. The standard InChI is InChI=1S/C4H9BrO/c1-2-4(5)3-6/h4,6H,2-3H2,1H3. The van der Waals surface area contributed by atoms with Crippen molar-refractivity contribution in [2.24, 2.45) is 0 Å². The lowest BCUT2D eigenvalue weighted by Gasteiger charge is -1.95. The van der Waals surface area contributed by atoms with Crippen LogP contribution in [0.15, 0.2) is 0 Å². The number of hydrogen-bond donors (Lipinski definition) is 1. The highest BCUT2D eigenvalue weighted by molar-refractivity contribution is 9.09. The van der Waals surface area contributed by atoms with Crippen LogP contribution in [0.5, 0.6) is 0 Å². The summed E-state index contributed by atoms with van der Waals surface area (Å²) < 4.78 is 0. The largest absolute Gasteiger partial charge is 0.395 e. The Morgan fingerprint density at radius 1 is 1.83 bits per heavy atom. The molecule has 1 unspecified atom stereocenters. The van der Waals surface area contributed by atoms with Gasteiger partial charge in [-0.1, -0.05) is 22.9 Å².